The number of methoxy groups -OCH3 is 2. The largest absolute Gasteiger partial charge is 0.508 e. The van der Waals surface area contributed by atoms with Gasteiger partial charge in [-0.25, -0.2) is 4.79 Å². The normalized spacial score (nSPS) is 15.1. The molecule has 2 saturated heterocycles. The summed E-state index contributed by atoms with van der Waals surface area (Å²) in [5.74, 6) is 1.61. The Morgan fingerprint density at radius 2 is 0.969 bits per heavy atom. The number of carbonyl (C=O) groups is 4. The maximum absolute atomic E-state index is 12.8. The minimum atomic E-state index is -0.426. The summed E-state index contributed by atoms with van der Waals surface area (Å²) in [6.07, 6.45) is 0. The number of rotatable bonds is 9. The van der Waals surface area contributed by atoms with Gasteiger partial charge >= 0.3 is 5.97 Å². The van der Waals surface area contributed by atoms with Crippen LogP contribution >= 0.6 is 0 Å². The number of β-lactam (4-membered cyclic amide) rings is 2. The number of esters is 1. The van der Waals surface area contributed by atoms with Gasteiger partial charge in [-0.2, -0.15) is 0 Å². The first-order valence-corrected chi connectivity index (χ1v) is 21.1. The summed E-state index contributed by atoms with van der Waals surface area (Å²) >= 11 is 0. The van der Waals surface area contributed by atoms with E-state index < -0.39 is 5.97 Å². The van der Waals surface area contributed by atoms with Crippen LogP contribution in [0.15, 0.2) is 146 Å². The molecule has 6 aromatic rings. The van der Waals surface area contributed by atoms with Gasteiger partial charge in [0.05, 0.1) is 31.9 Å². The van der Waals surface area contributed by atoms with Crippen molar-refractivity contribution >= 4 is 34.9 Å². The summed E-state index contributed by atoms with van der Waals surface area (Å²) in [5, 5.41) is 9.99. The number of amides is 2. The van der Waals surface area contributed by atoms with Crippen molar-refractivity contribution in [2.45, 2.75) is 60.5 Å². The highest BCUT2D eigenvalue weighted by molar-refractivity contribution is 6.16. The highest BCUT2D eigenvalue weighted by Gasteiger charge is 2.44. The fourth-order valence-electron chi connectivity index (χ4n) is 7.61. The smallest absolute Gasteiger partial charge is 0.343 e. The second kappa shape index (κ2) is 19.8. The zero-order chi connectivity index (χ0) is 47.3. The van der Waals surface area contributed by atoms with Gasteiger partial charge in [-0.15, -0.1) is 0 Å². The highest BCUT2D eigenvalue weighted by Crippen LogP contribution is 2.46. The fraction of sp³-hybridized carbons (Fsp3) is 0.200. The first-order valence-electron chi connectivity index (χ1n) is 21.1. The third kappa shape index (κ3) is 9.77. The number of ketones is 1. The van der Waals surface area contributed by atoms with Crippen molar-refractivity contribution in [1.82, 2.24) is 0 Å². The minimum absolute atomic E-state index is 0.106. The van der Waals surface area contributed by atoms with Crippen LogP contribution in [0.3, 0.4) is 0 Å². The maximum Gasteiger partial charge on any atom is 0.343 e. The van der Waals surface area contributed by atoms with Crippen molar-refractivity contribution in [1.29, 1.82) is 0 Å². The first-order chi connectivity index (χ1) is 31.0. The van der Waals surface area contributed by atoms with Crippen LogP contribution in [0.2, 0.25) is 0 Å². The molecule has 2 fully saturated rings. The van der Waals surface area contributed by atoms with Crippen molar-refractivity contribution in [2.75, 3.05) is 24.0 Å². The van der Waals surface area contributed by atoms with Gasteiger partial charge < -0.3 is 19.3 Å². The number of benzene rings is 6. The molecule has 2 aliphatic heterocycles. The average Bonchev–Trinajstić information content (AvgIpc) is 3.31. The van der Waals surface area contributed by atoms with Gasteiger partial charge in [-0.3, -0.25) is 24.2 Å². The summed E-state index contributed by atoms with van der Waals surface area (Å²) in [6.45, 7) is 21.1. The van der Waals surface area contributed by atoms with Gasteiger partial charge in [-0.05, 0) is 129 Å². The van der Waals surface area contributed by atoms with Crippen LogP contribution in [-0.2, 0) is 9.59 Å². The molecular weight excluding hydrogens is 817 g/mol. The summed E-state index contributed by atoms with van der Waals surface area (Å²) in [6, 6.07) is 36.2. The lowest BCUT2D eigenvalue weighted by molar-refractivity contribution is -0.119. The summed E-state index contributed by atoms with van der Waals surface area (Å²) in [4.78, 5) is 51.8. The van der Waals surface area contributed by atoms with Crippen LogP contribution in [0.25, 0.3) is 0 Å². The molecule has 0 unspecified atom stereocenters. The number of ether oxygens (including phenoxy) is 3. The lowest BCUT2D eigenvalue weighted by Gasteiger charge is -2.43. The van der Waals surface area contributed by atoms with Gasteiger partial charge in [0.1, 0.15) is 23.0 Å². The highest BCUT2D eigenvalue weighted by atomic mass is 16.5. The van der Waals surface area contributed by atoms with Crippen molar-refractivity contribution in [3.63, 3.8) is 0 Å². The molecule has 0 aromatic heterocycles. The van der Waals surface area contributed by atoms with Gasteiger partial charge in [-0.1, -0.05) is 86.0 Å². The first kappa shape index (κ1) is 46.8. The van der Waals surface area contributed by atoms with E-state index in [2.05, 4.69) is 13.2 Å². The van der Waals surface area contributed by atoms with Gasteiger partial charge in [0.25, 0.3) is 11.8 Å². The van der Waals surface area contributed by atoms with Crippen molar-refractivity contribution in [3.05, 3.63) is 201 Å². The zero-order valence-corrected chi connectivity index (χ0v) is 38.3. The number of nitrogens with zero attached hydrogens (tertiary/aromatic N) is 2. The van der Waals surface area contributed by atoms with Crippen molar-refractivity contribution < 1.29 is 38.5 Å². The maximum atomic E-state index is 12.8. The van der Waals surface area contributed by atoms with E-state index in [9.17, 15) is 24.3 Å². The zero-order valence-electron chi connectivity index (χ0n) is 38.3. The lowest BCUT2D eigenvalue weighted by atomic mass is 9.87. The minimum Gasteiger partial charge on any atom is -0.508 e. The standard InChI is InChI=1S/C27H25NO4.C20H21NO3.C8H8O/c1-16-11-12-21(14-23(16)32-27(30)20-9-7-6-8-10-20)25-19(4)26(29)28(25)22-13-17(2)18(3)24(15-22)31-5;1-11-6-7-15(9-17(11)22)19-14(4)20(23)21(19)16-8-12(2)13(3)18(10-16)24-5;1-7(9)8-5-3-2-4-6-8/h6-15,25H,4H2,1-3,5H3;6-10,19,22H,4H2,1-3,5H3;2-6H,1H3/t25-;19-;/m11./s1. The number of hydrogen-bond acceptors (Lipinski definition) is 8. The molecule has 65 heavy (non-hydrogen) atoms. The molecule has 2 amide bonds. The lowest BCUT2D eigenvalue weighted by Crippen LogP contribution is -2.48. The van der Waals surface area contributed by atoms with E-state index >= 15 is 0 Å². The number of carbonyl (C=O) groups excluding carboxylic acids is 4. The Balaban J connectivity index is 0.000000186. The van der Waals surface area contributed by atoms with Gasteiger partial charge in [0.15, 0.2) is 5.78 Å². The van der Waals surface area contributed by atoms with Crippen LogP contribution < -0.4 is 24.0 Å². The molecule has 6 aromatic carbocycles. The SMILES string of the molecule is C=C1C(=O)N(c2cc(C)c(C)c(OC)c2)[C@H]1c1ccc(C)c(O)c1.C=C1C(=O)N(c2cc(C)c(C)c(OC)c2)[C@H]1c1ccc(C)c(OC(=O)c2ccccc2)c1.CC(=O)c1ccccc1. The van der Waals surface area contributed by atoms with Crippen LogP contribution in [0.5, 0.6) is 23.0 Å². The Kier molecular flexibility index (Phi) is 14.2. The van der Waals surface area contributed by atoms with E-state index in [-0.39, 0.29) is 35.4 Å². The third-order valence-electron chi connectivity index (χ3n) is 11.8. The quantitative estimate of drug-likeness (QED) is 0.0501. The van der Waals surface area contributed by atoms with Crippen LogP contribution in [-0.4, -0.2) is 42.9 Å². The molecule has 0 spiro atoms. The number of phenols is 1. The topological polar surface area (TPSA) is 123 Å². The summed E-state index contributed by atoms with van der Waals surface area (Å²) in [7, 11) is 3.24. The number of aryl methyl sites for hydroxylation is 4. The van der Waals surface area contributed by atoms with E-state index in [1.54, 1.807) is 61.3 Å². The second-order valence-electron chi connectivity index (χ2n) is 16.1. The van der Waals surface area contributed by atoms with Gasteiger partial charge in [0, 0.05) is 40.2 Å². The number of phenolic OH excluding ortho intramolecular Hbond substituents is 1. The molecule has 0 aliphatic carbocycles. The summed E-state index contributed by atoms with van der Waals surface area (Å²) in [5.41, 5.74) is 11.3. The third-order valence-corrected chi connectivity index (χ3v) is 11.8. The van der Waals surface area contributed by atoms with Crippen molar-refractivity contribution in [3.8, 4) is 23.0 Å². The van der Waals surface area contributed by atoms with Crippen LogP contribution in [0.1, 0.15) is 84.2 Å². The molecule has 10 heteroatoms. The Labute approximate surface area is 381 Å². The van der Waals surface area contributed by atoms with Gasteiger partial charge in [0.2, 0.25) is 0 Å². The number of anilines is 2. The number of Topliss-reactive ketones (excluding diaryl/α,β-unsaturated/α-hetero) is 1. The molecule has 332 valence electrons. The molecule has 0 bridgehead atoms. The second-order valence-corrected chi connectivity index (χ2v) is 16.1. The van der Waals surface area contributed by atoms with E-state index in [1.165, 1.54) is 0 Å². The summed E-state index contributed by atoms with van der Waals surface area (Å²) < 4.78 is 16.6. The average molecular weight is 871 g/mol. The molecule has 2 heterocycles. The Bertz CT molecular complexity index is 2830. The molecule has 0 radical (unpaired) electrons. The van der Waals surface area contributed by atoms with Crippen molar-refractivity contribution in [2.24, 2.45) is 0 Å². The molecule has 2 aliphatic rings. The fourth-order valence-corrected chi connectivity index (χ4v) is 7.61. The molecule has 0 saturated carbocycles. The molecule has 10 nitrogen and oxygen atoms in total. The number of hydrogen-bond donors (Lipinski definition) is 1. The predicted octanol–water partition coefficient (Wildman–Crippen LogP) is 11.3. The molecule has 8 rings (SSSR count). The molecule has 1 N–H and O–H groups in total. The predicted molar refractivity (Wildman–Crippen MR) is 256 cm³/mol. The number of aromatic hydroxyl groups is 1. The monoisotopic (exact) mass is 870 g/mol. The van der Waals surface area contributed by atoms with Crippen LogP contribution in [0.4, 0.5) is 11.4 Å². The Morgan fingerprint density at radius 1 is 0.538 bits per heavy atom. The van der Waals surface area contributed by atoms with Crippen LogP contribution in [0, 0.1) is 41.5 Å². The van der Waals surface area contributed by atoms with E-state index in [0.29, 0.717) is 22.5 Å². The van der Waals surface area contributed by atoms with E-state index in [1.807, 2.05) is 133 Å². The molecular formula is C55H54N2O8. The van der Waals surface area contributed by atoms with E-state index in [0.717, 1.165) is 72.9 Å². The van der Waals surface area contributed by atoms with E-state index in [4.69, 9.17) is 14.2 Å². The Hall–Kier alpha value is -7.72. The Morgan fingerprint density at radius 3 is 1.38 bits per heavy atom. The molecule has 2 atom stereocenters.